The van der Waals surface area contributed by atoms with Crippen molar-refractivity contribution in [2.24, 2.45) is 0 Å². The molecular formula is C27H20N4. The van der Waals surface area contributed by atoms with Crippen LogP contribution in [-0.4, -0.2) is 9.97 Å². The van der Waals surface area contributed by atoms with Crippen molar-refractivity contribution in [2.45, 2.75) is 13.0 Å². The van der Waals surface area contributed by atoms with Crippen LogP contribution in [0.2, 0.25) is 0 Å². The van der Waals surface area contributed by atoms with Crippen molar-refractivity contribution in [1.82, 2.24) is 9.97 Å². The molecule has 148 valence electrons. The third kappa shape index (κ3) is 3.58. The van der Waals surface area contributed by atoms with Gasteiger partial charge in [-0.25, -0.2) is 0 Å². The molecule has 5 aromatic rings. The first kappa shape index (κ1) is 18.8. The van der Waals surface area contributed by atoms with Gasteiger partial charge in [0.25, 0.3) is 0 Å². The van der Waals surface area contributed by atoms with Crippen LogP contribution in [0.5, 0.6) is 0 Å². The number of nitriles is 1. The van der Waals surface area contributed by atoms with Gasteiger partial charge in [0.2, 0.25) is 0 Å². The summed E-state index contributed by atoms with van der Waals surface area (Å²) in [6.07, 6.45) is 3.53. The molecule has 5 rings (SSSR count). The van der Waals surface area contributed by atoms with Gasteiger partial charge in [-0.3, -0.25) is 9.97 Å². The first-order chi connectivity index (χ1) is 15.2. The molecule has 0 aliphatic heterocycles. The summed E-state index contributed by atoms with van der Waals surface area (Å²) in [7, 11) is 0. The van der Waals surface area contributed by atoms with E-state index in [1.165, 1.54) is 0 Å². The minimum absolute atomic E-state index is 0.0462. The van der Waals surface area contributed by atoms with Gasteiger partial charge >= 0.3 is 0 Å². The molecule has 4 nitrogen and oxygen atoms in total. The Morgan fingerprint density at radius 1 is 0.806 bits per heavy atom. The van der Waals surface area contributed by atoms with E-state index in [-0.39, 0.29) is 6.04 Å². The van der Waals surface area contributed by atoms with Crippen LogP contribution >= 0.6 is 0 Å². The molecule has 1 unspecified atom stereocenters. The van der Waals surface area contributed by atoms with Gasteiger partial charge in [0.05, 0.1) is 22.3 Å². The molecule has 0 saturated heterocycles. The minimum Gasteiger partial charge on any atom is -0.377 e. The fourth-order valence-electron chi connectivity index (χ4n) is 3.88. The van der Waals surface area contributed by atoms with Crippen LogP contribution in [0.1, 0.15) is 24.1 Å². The normalized spacial score (nSPS) is 11.9. The summed E-state index contributed by atoms with van der Waals surface area (Å²) < 4.78 is 0. The van der Waals surface area contributed by atoms with E-state index >= 15 is 0 Å². The van der Waals surface area contributed by atoms with E-state index in [0.29, 0.717) is 5.56 Å². The second-order valence-electron chi connectivity index (χ2n) is 7.58. The van der Waals surface area contributed by atoms with Gasteiger partial charge < -0.3 is 5.32 Å². The smallest absolute Gasteiger partial charge is 0.103 e. The number of nitrogens with one attached hydrogen (secondary N) is 1. The fourth-order valence-corrected chi connectivity index (χ4v) is 3.88. The molecule has 0 fully saturated rings. The summed E-state index contributed by atoms with van der Waals surface area (Å²) in [4.78, 5) is 9.10. The third-order valence-corrected chi connectivity index (χ3v) is 5.57. The van der Waals surface area contributed by atoms with E-state index in [4.69, 9.17) is 0 Å². The lowest BCUT2D eigenvalue weighted by atomic mass is 10.0. The third-order valence-electron chi connectivity index (χ3n) is 5.57. The van der Waals surface area contributed by atoms with Crippen molar-refractivity contribution in [3.63, 3.8) is 0 Å². The van der Waals surface area contributed by atoms with Gasteiger partial charge in [0, 0.05) is 34.8 Å². The van der Waals surface area contributed by atoms with Crippen molar-refractivity contribution in [3.8, 4) is 17.2 Å². The Labute approximate surface area is 180 Å². The number of hydrogen-bond acceptors (Lipinski definition) is 4. The maximum absolute atomic E-state index is 9.73. The first-order valence-corrected chi connectivity index (χ1v) is 10.2. The summed E-state index contributed by atoms with van der Waals surface area (Å²) in [5.74, 6) is 0. The van der Waals surface area contributed by atoms with Crippen molar-refractivity contribution >= 4 is 27.5 Å². The second kappa shape index (κ2) is 7.89. The predicted octanol–water partition coefficient (Wildman–Crippen LogP) is 6.49. The molecule has 0 spiro atoms. The first-order valence-electron chi connectivity index (χ1n) is 10.2. The summed E-state index contributed by atoms with van der Waals surface area (Å²) in [6.45, 7) is 2.10. The number of aromatic nitrogens is 2. The van der Waals surface area contributed by atoms with Gasteiger partial charge in [-0.1, -0.05) is 54.6 Å². The molecule has 0 aliphatic carbocycles. The number of rotatable bonds is 4. The van der Waals surface area contributed by atoms with E-state index in [9.17, 15) is 5.26 Å². The van der Waals surface area contributed by atoms with Crippen LogP contribution in [0.15, 0.2) is 91.3 Å². The Kier molecular flexibility index (Phi) is 4.78. The van der Waals surface area contributed by atoms with E-state index in [1.807, 2.05) is 48.7 Å². The van der Waals surface area contributed by atoms with Gasteiger partial charge in [-0.15, -0.1) is 0 Å². The maximum Gasteiger partial charge on any atom is 0.103 e. The van der Waals surface area contributed by atoms with Crippen LogP contribution < -0.4 is 5.32 Å². The topological polar surface area (TPSA) is 61.6 Å². The van der Waals surface area contributed by atoms with Gasteiger partial charge in [0.15, 0.2) is 0 Å². The lowest BCUT2D eigenvalue weighted by molar-refractivity contribution is 0.885. The molecule has 31 heavy (non-hydrogen) atoms. The molecule has 0 aliphatic rings. The summed E-state index contributed by atoms with van der Waals surface area (Å²) >= 11 is 0. The standard InChI is InChI=1S/C27H20N4/c1-18(19-7-3-2-4-8-19)31-27-23(15-28)17-30-26-12-11-20(14-24(26)27)22-13-21-9-5-6-10-25(21)29-16-22/h2-14,16-18H,1H3,(H,30,31). The number of pyridine rings is 2. The van der Waals surface area contributed by atoms with Gasteiger partial charge in [-0.05, 0) is 42.3 Å². The average molecular weight is 400 g/mol. The van der Waals surface area contributed by atoms with Crippen molar-refractivity contribution < 1.29 is 0 Å². The van der Waals surface area contributed by atoms with E-state index in [1.54, 1.807) is 6.20 Å². The van der Waals surface area contributed by atoms with Crippen LogP contribution in [0, 0.1) is 11.3 Å². The van der Waals surface area contributed by atoms with E-state index in [2.05, 4.69) is 64.7 Å². The molecule has 2 aromatic heterocycles. The number of fused-ring (bicyclic) bond motifs is 2. The largest absolute Gasteiger partial charge is 0.377 e. The quantitative estimate of drug-likeness (QED) is 0.374. The number of nitrogens with zero attached hydrogens (tertiary/aromatic N) is 3. The zero-order valence-electron chi connectivity index (χ0n) is 17.1. The number of hydrogen-bond donors (Lipinski definition) is 1. The highest BCUT2D eigenvalue weighted by atomic mass is 14.9. The molecular weight excluding hydrogens is 380 g/mol. The molecule has 1 N–H and O–H groups in total. The molecule has 3 aromatic carbocycles. The molecule has 0 bridgehead atoms. The Morgan fingerprint density at radius 3 is 2.42 bits per heavy atom. The average Bonchev–Trinajstić information content (AvgIpc) is 2.84. The van der Waals surface area contributed by atoms with Crippen molar-refractivity contribution in [1.29, 1.82) is 5.26 Å². The molecule has 0 amide bonds. The molecule has 1 atom stereocenters. The number of anilines is 1. The predicted molar refractivity (Wildman–Crippen MR) is 126 cm³/mol. The zero-order valence-corrected chi connectivity index (χ0v) is 17.1. The molecule has 0 saturated carbocycles. The lowest BCUT2D eigenvalue weighted by Crippen LogP contribution is -2.08. The SMILES string of the molecule is CC(Nc1c(C#N)cnc2ccc(-c3cnc4ccccc4c3)cc12)c1ccccc1. The van der Waals surface area contributed by atoms with Crippen molar-refractivity contribution in [2.75, 3.05) is 5.32 Å². The van der Waals surface area contributed by atoms with E-state index < -0.39 is 0 Å². The molecule has 0 radical (unpaired) electrons. The van der Waals surface area contributed by atoms with Gasteiger partial charge in [0.1, 0.15) is 6.07 Å². The van der Waals surface area contributed by atoms with Crippen LogP contribution in [0.3, 0.4) is 0 Å². The Morgan fingerprint density at radius 2 is 1.58 bits per heavy atom. The zero-order chi connectivity index (χ0) is 21.2. The van der Waals surface area contributed by atoms with Crippen LogP contribution in [-0.2, 0) is 0 Å². The van der Waals surface area contributed by atoms with E-state index in [0.717, 1.165) is 44.2 Å². The highest BCUT2D eigenvalue weighted by Gasteiger charge is 2.14. The second-order valence-corrected chi connectivity index (χ2v) is 7.58. The number of benzene rings is 3. The monoisotopic (exact) mass is 400 g/mol. The van der Waals surface area contributed by atoms with Crippen LogP contribution in [0.4, 0.5) is 5.69 Å². The summed E-state index contributed by atoms with van der Waals surface area (Å²) in [5, 5.41) is 15.3. The molecule has 2 heterocycles. The Balaban J connectivity index is 1.63. The summed E-state index contributed by atoms with van der Waals surface area (Å²) in [5.41, 5.74) is 6.39. The van der Waals surface area contributed by atoms with Gasteiger partial charge in [-0.2, -0.15) is 5.26 Å². The Hall–Kier alpha value is -4.23. The highest BCUT2D eigenvalue weighted by Crippen LogP contribution is 2.33. The lowest BCUT2D eigenvalue weighted by Gasteiger charge is -2.18. The van der Waals surface area contributed by atoms with Crippen LogP contribution in [0.25, 0.3) is 32.9 Å². The highest BCUT2D eigenvalue weighted by molar-refractivity contribution is 5.97. The summed E-state index contributed by atoms with van der Waals surface area (Å²) in [6, 6.07) is 28.9. The van der Waals surface area contributed by atoms with Crippen molar-refractivity contribution in [3.05, 3.63) is 102 Å². The maximum atomic E-state index is 9.73. The minimum atomic E-state index is 0.0462. The fraction of sp³-hybridized carbons (Fsp3) is 0.0741. The number of para-hydroxylation sites is 1. The molecule has 4 heteroatoms. The Bertz CT molecular complexity index is 1430.